The Labute approximate surface area is 320 Å². The highest BCUT2D eigenvalue weighted by Gasteiger charge is 2.25. The van der Waals surface area contributed by atoms with Crippen LogP contribution in [0.4, 0.5) is 0 Å². The van der Waals surface area contributed by atoms with Gasteiger partial charge in [-0.05, 0) is 84.4 Å². The Morgan fingerprint density at radius 2 is 1.00 bits per heavy atom. The van der Waals surface area contributed by atoms with Gasteiger partial charge in [0.2, 0.25) is 0 Å². The summed E-state index contributed by atoms with van der Waals surface area (Å²) in [5.41, 5.74) is 3.02. The third-order valence-electron chi connectivity index (χ3n) is 9.56. The number of fused-ring (bicyclic) bond motifs is 8. The molecular formula is C50H30O2. The van der Waals surface area contributed by atoms with E-state index in [1.807, 2.05) is 60.7 Å². The molecule has 0 saturated carbocycles. The van der Waals surface area contributed by atoms with Crippen molar-refractivity contribution in [1.29, 1.82) is 0 Å². The van der Waals surface area contributed by atoms with Gasteiger partial charge in [0.25, 0.3) is 0 Å². The molecule has 0 saturated heterocycles. The van der Waals surface area contributed by atoms with Crippen LogP contribution >= 0.6 is 0 Å². The summed E-state index contributed by atoms with van der Waals surface area (Å²) in [7, 11) is 0. The summed E-state index contributed by atoms with van der Waals surface area (Å²) in [6.45, 7) is 0. The first-order valence-corrected chi connectivity index (χ1v) is 16.5. The van der Waals surface area contributed by atoms with Gasteiger partial charge >= 0.3 is 0 Å². The lowest BCUT2D eigenvalue weighted by atomic mass is 9.84. The van der Waals surface area contributed by atoms with Gasteiger partial charge in [-0.1, -0.05) is 157 Å². The molecule has 9 aromatic carbocycles. The number of benzene rings is 9. The van der Waals surface area contributed by atoms with Crippen LogP contribution in [-0.4, -0.2) is 0 Å². The molecule has 11 aromatic rings. The van der Waals surface area contributed by atoms with E-state index >= 15 is 0 Å². The summed E-state index contributed by atoms with van der Waals surface area (Å²) in [6, 6.07) is 17.6. The van der Waals surface area contributed by atoms with Crippen molar-refractivity contribution in [3.8, 4) is 44.7 Å². The van der Waals surface area contributed by atoms with Crippen molar-refractivity contribution in [3.63, 3.8) is 0 Å². The largest absolute Gasteiger partial charge is 0.455 e. The standard InChI is InChI=1S/C50H30O2/c1-3-15-32(16-4-1)45-48-43(51-49(45)33-17-5-2-6-18-33)29-28-41-47-40(24-13-25-42(47)52-50(41)48)46-38-22-11-9-20-36(38)44(37-21-10-12-23-39(37)46)35-27-26-31-14-7-8-19-34(31)30-35/h1-30H/i7D,8D,9D,10D,11D,12D,14D,19D,20D,21D,22D,23D,26D,27D,30D. The van der Waals surface area contributed by atoms with E-state index in [1.54, 1.807) is 30.3 Å². The molecule has 0 atom stereocenters. The third kappa shape index (κ3) is 4.25. The van der Waals surface area contributed by atoms with Gasteiger partial charge in [-0.15, -0.1) is 0 Å². The second-order valence-electron chi connectivity index (χ2n) is 12.4. The Kier molecular flexibility index (Phi) is 3.88. The topological polar surface area (TPSA) is 26.3 Å². The highest BCUT2D eigenvalue weighted by molar-refractivity contribution is 6.28. The first kappa shape index (κ1) is 17.8. The Bertz CT molecular complexity index is 3950. The van der Waals surface area contributed by atoms with Crippen molar-refractivity contribution in [3.05, 3.63) is 182 Å². The van der Waals surface area contributed by atoms with Crippen LogP contribution in [0.1, 0.15) is 20.6 Å². The summed E-state index contributed by atoms with van der Waals surface area (Å²) in [5, 5.41) is -0.342. The van der Waals surface area contributed by atoms with E-state index in [0.29, 0.717) is 38.7 Å². The van der Waals surface area contributed by atoms with Gasteiger partial charge in [-0.3, -0.25) is 0 Å². The highest BCUT2D eigenvalue weighted by atomic mass is 16.3. The number of hydrogen-bond donors (Lipinski definition) is 0. The molecule has 52 heavy (non-hydrogen) atoms. The van der Waals surface area contributed by atoms with Crippen LogP contribution in [0.25, 0.3) is 110 Å². The molecule has 2 heteroatoms. The van der Waals surface area contributed by atoms with Crippen LogP contribution < -0.4 is 0 Å². The molecule has 0 aliphatic heterocycles. The smallest absolute Gasteiger partial charge is 0.147 e. The zero-order valence-corrected chi connectivity index (χ0v) is 27.0. The Hall–Kier alpha value is -6.90. The van der Waals surface area contributed by atoms with Gasteiger partial charge in [-0.2, -0.15) is 0 Å². The van der Waals surface area contributed by atoms with Crippen LogP contribution in [0, 0.1) is 0 Å². The summed E-state index contributed by atoms with van der Waals surface area (Å²) >= 11 is 0. The van der Waals surface area contributed by atoms with Crippen molar-refractivity contribution >= 4 is 65.2 Å². The van der Waals surface area contributed by atoms with Crippen molar-refractivity contribution in [1.82, 2.24) is 0 Å². The Morgan fingerprint density at radius 3 is 1.71 bits per heavy atom. The van der Waals surface area contributed by atoms with E-state index in [2.05, 4.69) is 0 Å². The first-order valence-electron chi connectivity index (χ1n) is 24.0. The van der Waals surface area contributed by atoms with Crippen LogP contribution in [-0.2, 0) is 0 Å². The average molecular weight is 678 g/mol. The molecule has 0 N–H and O–H groups in total. The Balaban J connectivity index is 1.37. The van der Waals surface area contributed by atoms with Gasteiger partial charge in [0.1, 0.15) is 22.5 Å². The van der Waals surface area contributed by atoms with Crippen LogP contribution in [0.3, 0.4) is 0 Å². The van der Waals surface area contributed by atoms with Crippen molar-refractivity contribution in [2.24, 2.45) is 0 Å². The minimum Gasteiger partial charge on any atom is -0.455 e. The first-order chi connectivity index (χ1) is 32.1. The van der Waals surface area contributed by atoms with E-state index in [9.17, 15) is 8.22 Å². The average Bonchev–Trinajstić information content (AvgIpc) is 3.93. The monoisotopic (exact) mass is 677 g/mol. The molecule has 242 valence electrons. The van der Waals surface area contributed by atoms with Gasteiger partial charge in [0.15, 0.2) is 0 Å². The number of hydrogen-bond acceptors (Lipinski definition) is 2. The summed E-state index contributed by atoms with van der Waals surface area (Å²) in [4.78, 5) is 0. The molecule has 0 aliphatic rings. The molecule has 0 bridgehead atoms. The van der Waals surface area contributed by atoms with E-state index in [4.69, 9.17) is 21.2 Å². The second kappa shape index (κ2) is 11.3. The normalized spacial score (nSPS) is 15.9. The van der Waals surface area contributed by atoms with E-state index in [0.717, 1.165) is 16.7 Å². The minimum atomic E-state index is -0.756. The number of rotatable bonds is 4. The molecule has 2 nitrogen and oxygen atoms in total. The molecule has 0 radical (unpaired) electrons. The minimum absolute atomic E-state index is 0.0199. The van der Waals surface area contributed by atoms with Crippen LogP contribution in [0.5, 0.6) is 0 Å². The predicted octanol–water partition coefficient (Wildman–Crippen LogP) is 14.5. The Morgan fingerprint density at radius 1 is 0.385 bits per heavy atom. The van der Waals surface area contributed by atoms with E-state index in [1.165, 1.54) is 0 Å². The predicted molar refractivity (Wildman–Crippen MR) is 218 cm³/mol. The van der Waals surface area contributed by atoms with Crippen LogP contribution in [0.15, 0.2) is 190 Å². The van der Waals surface area contributed by atoms with Crippen molar-refractivity contribution in [2.45, 2.75) is 0 Å². The van der Waals surface area contributed by atoms with E-state index < -0.39 is 113 Å². The molecule has 0 unspecified atom stereocenters. The molecule has 0 fully saturated rings. The van der Waals surface area contributed by atoms with Crippen molar-refractivity contribution in [2.75, 3.05) is 0 Å². The van der Waals surface area contributed by atoms with Crippen LogP contribution in [0.2, 0.25) is 0 Å². The highest BCUT2D eigenvalue weighted by Crippen LogP contribution is 2.50. The van der Waals surface area contributed by atoms with Gasteiger partial charge in [-0.25, -0.2) is 0 Å². The SMILES string of the molecule is [2H]c1c([2H])c([2H])c2c([2H])c(-c3c4c([2H])c([2H])c([2H])c([2H])c4c(-c4cccc5oc6c(ccc7oc(-c8ccccc8)c(-c8ccccc8)c76)c45)c4c([2H])c([2H])c([2H])c([2H])c34)c([2H])c([2H])c2c1[2H]. The zero-order chi connectivity index (χ0) is 47.2. The molecule has 0 spiro atoms. The van der Waals surface area contributed by atoms with E-state index in [-0.39, 0.29) is 32.7 Å². The lowest BCUT2D eigenvalue weighted by molar-refractivity contribution is 0.631. The second-order valence-corrected chi connectivity index (χ2v) is 12.4. The fourth-order valence-corrected chi connectivity index (χ4v) is 7.40. The summed E-state index contributed by atoms with van der Waals surface area (Å²) < 4.78 is 149. The summed E-state index contributed by atoms with van der Waals surface area (Å²) in [6.07, 6.45) is 0. The maximum atomic E-state index is 9.56. The third-order valence-corrected chi connectivity index (χ3v) is 9.56. The van der Waals surface area contributed by atoms with Gasteiger partial charge in [0.05, 0.1) is 25.9 Å². The lowest BCUT2D eigenvalue weighted by Crippen LogP contribution is -1.91. The molecule has 11 rings (SSSR count). The zero-order valence-electron chi connectivity index (χ0n) is 42.0. The molecule has 0 amide bonds. The fourth-order valence-electron chi connectivity index (χ4n) is 7.40. The summed E-state index contributed by atoms with van der Waals surface area (Å²) in [5.74, 6) is 0.595. The van der Waals surface area contributed by atoms with Gasteiger partial charge < -0.3 is 8.83 Å². The molecule has 2 aromatic heterocycles. The quantitative estimate of drug-likeness (QED) is 0.173. The molecule has 2 heterocycles. The number of furan rings is 2. The lowest BCUT2D eigenvalue weighted by Gasteiger charge is -2.18. The maximum Gasteiger partial charge on any atom is 0.147 e. The van der Waals surface area contributed by atoms with Gasteiger partial charge in [0, 0.05) is 21.9 Å². The van der Waals surface area contributed by atoms with Crippen molar-refractivity contribution < 1.29 is 29.4 Å². The molecular weight excluding hydrogens is 633 g/mol. The maximum absolute atomic E-state index is 9.56. The molecule has 0 aliphatic carbocycles. The fraction of sp³-hybridized carbons (Fsp3) is 0.